The fourth-order valence-corrected chi connectivity index (χ4v) is 4.33. The van der Waals surface area contributed by atoms with Crippen LogP contribution in [0.2, 0.25) is 0 Å². The second-order valence-electron chi connectivity index (χ2n) is 10.1. The summed E-state index contributed by atoms with van der Waals surface area (Å²) in [5, 5.41) is 14.8. The minimum atomic E-state index is -0.369. The summed E-state index contributed by atoms with van der Waals surface area (Å²) in [7, 11) is 4.25. The smallest absolute Gasteiger partial charge is 0.256 e. The number of nitrogens with zero attached hydrogens (tertiary/aromatic N) is 6. The Hall–Kier alpha value is -4.25. The van der Waals surface area contributed by atoms with Crippen LogP contribution in [0, 0.1) is 6.92 Å². The molecule has 0 unspecified atom stereocenters. The zero-order chi connectivity index (χ0) is 29.2. The van der Waals surface area contributed by atoms with Gasteiger partial charge in [0.05, 0.1) is 0 Å². The lowest BCUT2D eigenvalue weighted by Gasteiger charge is -2.23. The van der Waals surface area contributed by atoms with E-state index in [9.17, 15) is 9.59 Å². The second-order valence-corrected chi connectivity index (χ2v) is 10.1. The molecule has 40 heavy (non-hydrogen) atoms. The predicted octanol–water partition coefficient (Wildman–Crippen LogP) is 3.75. The van der Waals surface area contributed by atoms with Gasteiger partial charge in [-0.2, -0.15) is 10.1 Å². The molecule has 0 spiro atoms. The van der Waals surface area contributed by atoms with Crippen molar-refractivity contribution >= 4 is 41.3 Å². The van der Waals surface area contributed by atoms with E-state index in [1.54, 1.807) is 18.2 Å². The largest absolute Gasteiger partial charge is 0.370 e. The molecule has 2 amide bonds. The fraction of sp³-hybridized carbons (Fsp3) is 0.414. The normalized spacial score (nSPS) is 15.6. The number of benzene rings is 1. The number of amidine groups is 1. The fourth-order valence-electron chi connectivity index (χ4n) is 4.33. The first kappa shape index (κ1) is 30.3. The van der Waals surface area contributed by atoms with Crippen molar-refractivity contribution in [3.8, 4) is 0 Å². The van der Waals surface area contributed by atoms with Gasteiger partial charge >= 0.3 is 0 Å². The first-order valence-corrected chi connectivity index (χ1v) is 13.4. The van der Waals surface area contributed by atoms with E-state index in [0.29, 0.717) is 24.2 Å². The van der Waals surface area contributed by atoms with Crippen LogP contribution in [0.4, 0.5) is 23.1 Å². The molecule has 1 saturated heterocycles. The van der Waals surface area contributed by atoms with Crippen molar-refractivity contribution in [2.75, 3.05) is 49.3 Å². The van der Waals surface area contributed by atoms with Crippen LogP contribution in [0.25, 0.3) is 0 Å². The molecule has 11 heteroatoms. The maximum absolute atomic E-state index is 12.9. The third-order valence-corrected chi connectivity index (χ3v) is 6.56. The molecule has 3 N–H and O–H groups in total. The van der Waals surface area contributed by atoms with Crippen molar-refractivity contribution in [2.45, 2.75) is 46.2 Å². The van der Waals surface area contributed by atoms with Gasteiger partial charge in [-0.1, -0.05) is 12.2 Å². The Morgan fingerprint density at radius 2 is 2.10 bits per heavy atom. The molecule has 1 aliphatic heterocycles. The second kappa shape index (κ2) is 14.2. The summed E-state index contributed by atoms with van der Waals surface area (Å²) in [6.07, 6.45) is 8.31. The Balaban J connectivity index is 1.90. The Kier molecular flexibility index (Phi) is 10.8. The Morgan fingerprint density at radius 3 is 2.70 bits per heavy atom. The third kappa shape index (κ3) is 7.89. The number of aryl methyl sites for hydroxylation is 1. The lowest BCUT2D eigenvalue weighted by Crippen LogP contribution is -2.31. The van der Waals surface area contributed by atoms with Crippen molar-refractivity contribution in [1.82, 2.24) is 25.2 Å². The Morgan fingerprint density at radius 1 is 1.32 bits per heavy atom. The summed E-state index contributed by atoms with van der Waals surface area (Å²) in [5.74, 6) is 0.518. The summed E-state index contributed by atoms with van der Waals surface area (Å²) in [5.41, 5.74) is 3.41. The highest BCUT2D eigenvalue weighted by molar-refractivity contribution is 6.08. The molecular formula is C29H41N9O2. The summed E-state index contributed by atoms with van der Waals surface area (Å²) in [6.45, 7) is 13.6. The number of carbonyl (C=O) groups is 2. The number of nitrogens with one attached hydrogen (secondary N) is 3. The number of likely N-dealkylation sites (N-methyl/N-ethyl adjacent to an activating group) is 1. The minimum absolute atomic E-state index is 0.155. The van der Waals surface area contributed by atoms with Crippen LogP contribution in [-0.2, 0) is 4.79 Å². The molecule has 2 aromatic rings. The monoisotopic (exact) mass is 547 g/mol. The van der Waals surface area contributed by atoms with E-state index in [-0.39, 0.29) is 29.9 Å². The molecule has 1 atom stereocenters. The first-order chi connectivity index (χ1) is 19.2. The number of anilines is 4. The number of amides is 2. The van der Waals surface area contributed by atoms with Crippen molar-refractivity contribution in [3.05, 3.63) is 60.3 Å². The van der Waals surface area contributed by atoms with E-state index >= 15 is 0 Å². The third-order valence-electron chi connectivity index (χ3n) is 6.56. The number of carbonyl (C=O) groups excluding carboxylic acids is 2. The molecule has 1 aliphatic rings. The van der Waals surface area contributed by atoms with E-state index in [1.165, 1.54) is 16.9 Å². The molecule has 2 heterocycles. The molecule has 0 aliphatic carbocycles. The maximum atomic E-state index is 12.9. The standard InChI is InChI=1S/C29H41N9O2/c1-8-10-26(35-38(19-39)20(3)4)33-27-24(28(40)30-14-9-2)17-31-29(34-27)32-22-11-12-25(21(5)16-22)37-15-13-23(18-37)36(6)7/h8-12,16-17,19-20,23H,2,13-15,18H2,1,3-7H3,(H,30,40)(H2,31,32,33,34,35)/b10-8-/t23-/m0/s1. The average Bonchev–Trinajstić information content (AvgIpc) is 3.41. The molecule has 3 rings (SSSR count). The highest BCUT2D eigenvalue weighted by atomic mass is 16.2. The van der Waals surface area contributed by atoms with Gasteiger partial charge in [-0.3, -0.25) is 9.59 Å². The topological polar surface area (TPSA) is 118 Å². The molecule has 0 radical (unpaired) electrons. The van der Waals surface area contributed by atoms with Crippen LogP contribution in [-0.4, -0.2) is 83.8 Å². The van der Waals surface area contributed by atoms with Gasteiger partial charge in [-0.15, -0.1) is 6.58 Å². The Bertz CT molecular complexity index is 1260. The number of allylic oxidation sites excluding steroid dienone is 1. The van der Waals surface area contributed by atoms with E-state index < -0.39 is 0 Å². The SMILES string of the molecule is C=CCNC(=O)c1cnc(Nc2ccc(N3CC[C@H](N(C)C)C3)c(C)c2)nc1NC(/C=C\C)=N/N(C=O)C(C)C. The van der Waals surface area contributed by atoms with Crippen molar-refractivity contribution in [1.29, 1.82) is 0 Å². The number of hydrazone groups is 1. The zero-order valence-electron chi connectivity index (χ0n) is 24.3. The van der Waals surface area contributed by atoms with E-state index in [2.05, 4.69) is 80.6 Å². The molecule has 214 valence electrons. The quantitative estimate of drug-likeness (QED) is 0.121. The summed E-state index contributed by atoms with van der Waals surface area (Å²) in [6, 6.07) is 6.58. The molecule has 0 bridgehead atoms. The van der Waals surface area contributed by atoms with E-state index in [4.69, 9.17) is 0 Å². The van der Waals surface area contributed by atoms with E-state index in [1.807, 2.05) is 26.8 Å². The average molecular weight is 548 g/mol. The van der Waals surface area contributed by atoms with Gasteiger partial charge in [0.15, 0.2) is 5.84 Å². The molecule has 11 nitrogen and oxygen atoms in total. The summed E-state index contributed by atoms with van der Waals surface area (Å²) >= 11 is 0. The van der Waals surface area contributed by atoms with Crippen LogP contribution in [0.5, 0.6) is 0 Å². The summed E-state index contributed by atoms with van der Waals surface area (Å²) in [4.78, 5) is 38.1. The molecule has 1 fully saturated rings. The predicted molar refractivity (Wildman–Crippen MR) is 162 cm³/mol. The van der Waals surface area contributed by atoms with Crippen LogP contribution < -0.4 is 20.9 Å². The van der Waals surface area contributed by atoms with Crippen LogP contribution in [0.3, 0.4) is 0 Å². The van der Waals surface area contributed by atoms with Crippen LogP contribution in [0.1, 0.15) is 43.1 Å². The van der Waals surface area contributed by atoms with Gasteiger partial charge in [0, 0.05) is 49.3 Å². The van der Waals surface area contributed by atoms with Gasteiger partial charge < -0.3 is 25.8 Å². The van der Waals surface area contributed by atoms with Gasteiger partial charge in [0.25, 0.3) is 5.91 Å². The molecule has 0 saturated carbocycles. The molecule has 1 aromatic carbocycles. The lowest BCUT2D eigenvalue weighted by atomic mass is 10.1. The number of hydrogen-bond donors (Lipinski definition) is 3. The highest BCUT2D eigenvalue weighted by Gasteiger charge is 2.25. The van der Waals surface area contributed by atoms with Gasteiger partial charge in [0.1, 0.15) is 11.4 Å². The lowest BCUT2D eigenvalue weighted by molar-refractivity contribution is -0.119. The van der Waals surface area contributed by atoms with Gasteiger partial charge in [-0.25, -0.2) is 9.99 Å². The van der Waals surface area contributed by atoms with Crippen LogP contribution >= 0.6 is 0 Å². The highest BCUT2D eigenvalue weighted by Crippen LogP contribution is 2.29. The maximum Gasteiger partial charge on any atom is 0.256 e. The number of aromatic nitrogens is 2. The first-order valence-electron chi connectivity index (χ1n) is 13.4. The number of rotatable bonds is 12. The van der Waals surface area contributed by atoms with Gasteiger partial charge in [0.2, 0.25) is 12.4 Å². The minimum Gasteiger partial charge on any atom is -0.370 e. The number of hydrogen-bond acceptors (Lipinski definition) is 8. The van der Waals surface area contributed by atoms with Crippen LogP contribution in [0.15, 0.2) is 54.3 Å². The summed E-state index contributed by atoms with van der Waals surface area (Å²) < 4.78 is 0. The molecule has 1 aromatic heterocycles. The molecular weight excluding hydrogens is 506 g/mol. The Labute approximate surface area is 237 Å². The van der Waals surface area contributed by atoms with Crippen molar-refractivity contribution in [3.63, 3.8) is 0 Å². The van der Waals surface area contributed by atoms with Crippen molar-refractivity contribution in [2.24, 2.45) is 5.10 Å². The van der Waals surface area contributed by atoms with Crippen molar-refractivity contribution < 1.29 is 9.59 Å². The zero-order valence-corrected chi connectivity index (χ0v) is 24.3. The van der Waals surface area contributed by atoms with E-state index in [0.717, 1.165) is 30.8 Å². The van der Waals surface area contributed by atoms with Gasteiger partial charge in [-0.05, 0) is 78.0 Å².